The van der Waals surface area contributed by atoms with E-state index in [0.29, 0.717) is 39.1 Å². The zero-order valence-electron chi connectivity index (χ0n) is 11.0. The van der Waals surface area contributed by atoms with E-state index in [1.807, 2.05) is 0 Å². The van der Waals surface area contributed by atoms with Crippen LogP contribution in [-0.4, -0.2) is 63.9 Å². The van der Waals surface area contributed by atoms with E-state index in [4.69, 9.17) is 10.5 Å². The molecule has 0 bridgehead atoms. The summed E-state index contributed by atoms with van der Waals surface area (Å²) >= 11 is 0. The van der Waals surface area contributed by atoms with Crippen LogP contribution in [-0.2, 0) is 19.6 Å². The molecule has 2 rings (SSSR count). The Morgan fingerprint density at radius 2 is 1.95 bits per heavy atom. The summed E-state index contributed by atoms with van der Waals surface area (Å²) in [6.07, 6.45) is 2.43. The van der Waals surface area contributed by atoms with Crippen molar-refractivity contribution in [3.05, 3.63) is 0 Å². The fraction of sp³-hybridized carbons (Fsp3) is 0.909. The Bertz CT molecular complexity index is 431. The summed E-state index contributed by atoms with van der Waals surface area (Å²) in [6, 6.07) is -0.299. The largest absolute Gasteiger partial charge is 0.379 e. The predicted molar refractivity (Wildman–Crippen MR) is 69.9 cm³/mol. The van der Waals surface area contributed by atoms with E-state index in [2.05, 4.69) is 4.72 Å². The molecule has 2 aliphatic rings. The second kappa shape index (κ2) is 5.74. The molecular weight excluding hydrogens is 270 g/mol. The highest BCUT2D eigenvalue weighted by molar-refractivity contribution is 7.88. The number of hydrogen-bond acceptors (Lipinski definition) is 5. The standard InChI is InChI=1S/C11H21N3O4S/c1-19(16,17)13-8-2-4-14(5-3-8)11(15)9-6-18-7-10(9)12/h8-10,13H,2-7,12H2,1H3. The monoisotopic (exact) mass is 291 g/mol. The maximum atomic E-state index is 12.2. The number of ether oxygens (including phenoxy) is 1. The zero-order valence-corrected chi connectivity index (χ0v) is 11.9. The summed E-state index contributed by atoms with van der Waals surface area (Å²) in [4.78, 5) is 14.0. The van der Waals surface area contributed by atoms with Crippen LogP contribution in [0.5, 0.6) is 0 Å². The van der Waals surface area contributed by atoms with Crippen molar-refractivity contribution in [2.45, 2.75) is 24.9 Å². The molecule has 3 N–H and O–H groups in total. The van der Waals surface area contributed by atoms with Crippen LogP contribution in [0.2, 0.25) is 0 Å². The summed E-state index contributed by atoms with van der Waals surface area (Å²) in [6.45, 7) is 1.95. The van der Waals surface area contributed by atoms with Crippen molar-refractivity contribution in [3.8, 4) is 0 Å². The molecule has 8 heteroatoms. The first-order chi connectivity index (χ1) is 8.87. The number of sulfonamides is 1. The molecule has 0 radical (unpaired) electrons. The van der Waals surface area contributed by atoms with Gasteiger partial charge >= 0.3 is 0 Å². The maximum absolute atomic E-state index is 12.2. The lowest BCUT2D eigenvalue weighted by molar-refractivity contribution is -0.136. The smallest absolute Gasteiger partial charge is 0.229 e. The lowest BCUT2D eigenvalue weighted by Crippen LogP contribution is -2.50. The molecule has 2 heterocycles. The van der Waals surface area contributed by atoms with E-state index in [9.17, 15) is 13.2 Å². The molecule has 2 unspecified atom stereocenters. The van der Waals surface area contributed by atoms with Crippen molar-refractivity contribution in [1.82, 2.24) is 9.62 Å². The van der Waals surface area contributed by atoms with E-state index in [1.165, 1.54) is 0 Å². The van der Waals surface area contributed by atoms with Crippen LogP contribution in [0.3, 0.4) is 0 Å². The van der Waals surface area contributed by atoms with E-state index in [1.54, 1.807) is 4.90 Å². The average molecular weight is 291 g/mol. The third kappa shape index (κ3) is 3.88. The molecular formula is C11H21N3O4S. The molecule has 1 amide bonds. The molecule has 2 fully saturated rings. The normalized spacial score (nSPS) is 29.7. The minimum absolute atomic E-state index is 0.0304. The SMILES string of the molecule is CS(=O)(=O)NC1CCN(C(=O)C2COCC2N)CC1. The summed E-state index contributed by atoms with van der Waals surface area (Å²) in [5.41, 5.74) is 5.83. The number of amides is 1. The van der Waals surface area contributed by atoms with Gasteiger partial charge < -0.3 is 15.4 Å². The molecule has 7 nitrogen and oxygen atoms in total. The molecule has 19 heavy (non-hydrogen) atoms. The molecule has 2 aliphatic heterocycles. The number of piperidine rings is 1. The van der Waals surface area contributed by atoms with Crippen molar-refractivity contribution in [3.63, 3.8) is 0 Å². The second-order valence-electron chi connectivity index (χ2n) is 5.30. The Morgan fingerprint density at radius 3 is 2.42 bits per heavy atom. The lowest BCUT2D eigenvalue weighted by Gasteiger charge is -2.33. The highest BCUT2D eigenvalue weighted by atomic mass is 32.2. The highest BCUT2D eigenvalue weighted by Crippen LogP contribution is 2.19. The van der Waals surface area contributed by atoms with Crippen LogP contribution < -0.4 is 10.5 Å². The molecule has 0 saturated carbocycles. The number of likely N-dealkylation sites (tertiary alicyclic amines) is 1. The van der Waals surface area contributed by atoms with Crippen LogP contribution in [0.25, 0.3) is 0 Å². The minimum Gasteiger partial charge on any atom is -0.379 e. The third-order valence-corrected chi connectivity index (χ3v) is 4.39. The average Bonchev–Trinajstić information content (AvgIpc) is 2.73. The van der Waals surface area contributed by atoms with Gasteiger partial charge in [-0.05, 0) is 12.8 Å². The highest BCUT2D eigenvalue weighted by Gasteiger charge is 2.35. The zero-order chi connectivity index (χ0) is 14.0. The first-order valence-electron chi connectivity index (χ1n) is 6.46. The van der Waals surface area contributed by atoms with Crippen molar-refractivity contribution >= 4 is 15.9 Å². The number of carbonyl (C=O) groups is 1. The second-order valence-corrected chi connectivity index (χ2v) is 7.08. The van der Waals surface area contributed by atoms with Gasteiger partial charge in [-0.2, -0.15) is 0 Å². The van der Waals surface area contributed by atoms with Gasteiger partial charge in [-0.15, -0.1) is 0 Å². The topological polar surface area (TPSA) is 102 Å². The van der Waals surface area contributed by atoms with Crippen LogP contribution >= 0.6 is 0 Å². The summed E-state index contributed by atoms with van der Waals surface area (Å²) in [5.74, 6) is -0.220. The van der Waals surface area contributed by atoms with E-state index >= 15 is 0 Å². The summed E-state index contributed by atoms with van der Waals surface area (Å²) in [5, 5.41) is 0. The Kier molecular flexibility index (Phi) is 4.44. The number of carbonyl (C=O) groups excluding carboxylic acids is 1. The summed E-state index contributed by atoms with van der Waals surface area (Å²) < 4.78 is 30.1. The predicted octanol–water partition coefficient (Wildman–Crippen LogP) is -1.50. The molecule has 0 aromatic heterocycles. The fourth-order valence-electron chi connectivity index (χ4n) is 2.58. The van der Waals surface area contributed by atoms with Gasteiger partial charge in [0.2, 0.25) is 15.9 Å². The molecule has 0 aromatic carbocycles. The van der Waals surface area contributed by atoms with Crippen LogP contribution in [0.1, 0.15) is 12.8 Å². The molecule has 0 spiro atoms. The quantitative estimate of drug-likeness (QED) is 0.659. The Balaban J connectivity index is 1.84. The van der Waals surface area contributed by atoms with Gasteiger partial charge in [-0.25, -0.2) is 13.1 Å². The summed E-state index contributed by atoms with van der Waals surface area (Å²) in [7, 11) is -3.18. The molecule has 110 valence electrons. The Morgan fingerprint density at radius 1 is 1.32 bits per heavy atom. The van der Waals surface area contributed by atoms with Crippen molar-refractivity contribution < 1.29 is 17.9 Å². The van der Waals surface area contributed by atoms with Gasteiger partial charge in [0.25, 0.3) is 0 Å². The first kappa shape index (κ1) is 14.7. The fourth-order valence-corrected chi connectivity index (χ4v) is 3.42. The first-order valence-corrected chi connectivity index (χ1v) is 8.35. The number of nitrogens with two attached hydrogens (primary N) is 1. The van der Waals surface area contributed by atoms with Gasteiger partial charge in [0, 0.05) is 25.2 Å². The van der Waals surface area contributed by atoms with Crippen molar-refractivity contribution in [2.24, 2.45) is 11.7 Å². The van der Waals surface area contributed by atoms with Crippen LogP contribution in [0.15, 0.2) is 0 Å². The molecule has 2 saturated heterocycles. The van der Waals surface area contributed by atoms with Gasteiger partial charge in [0.15, 0.2) is 0 Å². The number of nitrogens with zero attached hydrogens (tertiary/aromatic N) is 1. The number of rotatable bonds is 3. The Labute approximate surface area is 113 Å². The molecule has 0 aliphatic carbocycles. The maximum Gasteiger partial charge on any atom is 0.229 e. The van der Waals surface area contributed by atoms with Gasteiger partial charge in [0.05, 0.1) is 25.4 Å². The van der Waals surface area contributed by atoms with Crippen LogP contribution in [0, 0.1) is 5.92 Å². The van der Waals surface area contributed by atoms with Gasteiger partial charge in [-0.1, -0.05) is 0 Å². The van der Waals surface area contributed by atoms with Crippen molar-refractivity contribution in [2.75, 3.05) is 32.6 Å². The third-order valence-electron chi connectivity index (χ3n) is 3.63. The van der Waals surface area contributed by atoms with Gasteiger partial charge in [-0.3, -0.25) is 4.79 Å². The van der Waals surface area contributed by atoms with Gasteiger partial charge in [0.1, 0.15) is 0 Å². The lowest BCUT2D eigenvalue weighted by atomic mass is 10.00. The molecule has 0 aromatic rings. The number of nitrogens with one attached hydrogen (secondary N) is 1. The molecule has 2 atom stereocenters. The minimum atomic E-state index is -3.18. The van der Waals surface area contributed by atoms with E-state index < -0.39 is 10.0 Å². The Hall–Kier alpha value is -0.700. The van der Waals surface area contributed by atoms with Crippen molar-refractivity contribution in [1.29, 1.82) is 0 Å². The van der Waals surface area contributed by atoms with E-state index in [-0.39, 0.29) is 23.9 Å². The number of hydrogen-bond donors (Lipinski definition) is 2. The van der Waals surface area contributed by atoms with Crippen LogP contribution in [0.4, 0.5) is 0 Å². The van der Waals surface area contributed by atoms with E-state index in [0.717, 1.165) is 6.26 Å².